The van der Waals surface area contributed by atoms with Crippen LogP contribution in [-0.4, -0.2) is 12.0 Å². The van der Waals surface area contributed by atoms with Crippen molar-refractivity contribution in [2.75, 3.05) is 16.9 Å². The van der Waals surface area contributed by atoms with Gasteiger partial charge in [0.2, 0.25) is 0 Å². The third kappa shape index (κ3) is 3.98. The number of anilines is 2. The van der Waals surface area contributed by atoms with Crippen molar-refractivity contribution in [2.24, 2.45) is 0 Å². The van der Waals surface area contributed by atoms with Crippen molar-refractivity contribution in [3.05, 3.63) is 100 Å². The fourth-order valence-electron chi connectivity index (χ4n) is 4.51. The number of benzene rings is 3. The number of carbonyl (C=O) groups excluding carboxylic acids is 1. The Labute approximate surface area is 191 Å². The largest absolute Gasteiger partial charge is 0.372 e. The zero-order valence-corrected chi connectivity index (χ0v) is 18.8. The number of carbonyl (C=O) groups is 1. The van der Waals surface area contributed by atoms with Crippen LogP contribution < -0.4 is 10.6 Å². The molecule has 0 spiro atoms. The van der Waals surface area contributed by atoms with Gasteiger partial charge < -0.3 is 10.6 Å². The van der Waals surface area contributed by atoms with Crippen molar-refractivity contribution in [3.8, 4) is 0 Å². The third-order valence-electron chi connectivity index (χ3n) is 6.10. The van der Waals surface area contributed by atoms with Crippen molar-refractivity contribution in [1.82, 2.24) is 0 Å². The lowest BCUT2D eigenvalue weighted by Crippen LogP contribution is -2.26. The molecule has 0 bridgehead atoms. The normalized spacial score (nSPS) is 20.3. The standard InChI is InChI=1S/C26H23ClN2OS/c1-31-20-12-8-17(9-13-20)26-25-23(28-21-4-2-3-5-22(21)29-26)14-18(15-24(25)30)16-6-10-19(27)11-7-16/h2-13,18,26,28-29H,14-15H2,1H3/t18-,26+/m0/s1. The molecule has 0 fully saturated rings. The van der Waals surface area contributed by atoms with Crippen LogP contribution >= 0.6 is 23.4 Å². The first-order valence-electron chi connectivity index (χ1n) is 10.4. The number of thioether (sulfide) groups is 1. The van der Waals surface area contributed by atoms with E-state index >= 15 is 0 Å². The molecule has 2 N–H and O–H groups in total. The van der Waals surface area contributed by atoms with Crippen LogP contribution in [0.3, 0.4) is 0 Å². The monoisotopic (exact) mass is 446 g/mol. The summed E-state index contributed by atoms with van der Waals surface area (Å²) in [7, 11) is 0. The van der Waals surface area contributed by atoms with Crippen LogP contribution in [0.2, 0.25) is 5.02 Å². The van der Waals surface area contributed by atoms with E-state index in [1.165, 1.54) is 4.90 Å². The zero-order valence-electron chi connectivity index (χ0n) is 17.2. The number of hydrogen-bond acceptors (Lipinski definition) is 4. The molecular weight excluding hydrogens is 424 g/mol. The fraction of sp³-hybridized carbons (Fsp3) is 0.192. The van der Waals surface area contributed by atoms with E-state index in [9.17, 15) is 4.79 Å². The molecule has 2 atom stereocenters. The Hall–Kier alpha value is -2.69. The minimum absolute atomic E-state index is 0.140. The molecule has 5 rings (SSSR count). The number of allylic oxidation sites excluding steroid dienone is 1. The number of para-hydroxylation sites is 2. The van der Waals surface area contributed by atoms with Crippen molar-refractivity contribution in [1.29, 1.82) is 0 Å². The summed E-state index contributed by atoms with van der Waals surface area (Å²) in [4.78, 5) is 14.7. The molecule has 0 radical (unpaired) electrons. The van der Waals surface area contributed by atoms with Crippen LogP contribution in [0.25, 0.3) is 0 Å². The Bertz CT molecular complexity index is 1150. The van der Waals surface area contributed by atoms with Gasteiger partial charge in [0.1, 0.15) is 0 Å². The van der Waals surface area contributed by atoms with Gasteiger partial charge >= 0.3 is 0 Å². The molecule has 1 aliphatic carbocycles. The summed E-state index contributed by atoms with van der Waals surface area (Å²) in [5.74, 6) is 0.328. The maximum absolute atomic E-state index is 13.5. The lowest BCUT2D eigenvalue weighted by molar-refractivity contribution is -0.116. The summed E-state index contributed by atoms with van der Waals surface area (Å²) in [6.45, 7) is 0. The van der Waals surface area contributed by atoms with Gasteiger partial charge in [0, 0.05) is 27.6 Å². The highest BCUT2D eigenvalue weighted by atomic mass is 35.5. The first-order chi connectivity index (χ1) is 15.1. The second-order valence-electron chi connectivity index (χ2n) is 7.99. The minimum atomic E-state index is -0.180. The molecule has 3 aromatic rings. The predicted molar refractivity (Wildman–Crippen MR) is 130 cm³/mol. The Balaban J connectivity index is 1.58. The summed E-state index contributed by atoms with van der Waals surface area (Å²) in [6, 6.07) is 24.3. The number of hydrogen-bond donors (Lipinski definition) is 2. The predicted octanol–water partition coefficient (Wildman–Crippen LogP) is 7.04. The average molecular weight is 447 g/mol. The number of Topliss-reactive ketones (excluding diaryl/α,β-unsaturated/α-hetero) is 1. The molecule has 0 amide bonds. The van der Waals surface area contributed by atoms with Crippen LogP contribution in [0.1, 0.15) is 35.9 Å². The van der Waals surface area contributed by atoms with Crippen molar-refractivity contribution < 1.29 is 4.79 Å². The molecular formula is C26H23ClN2OS. The van der Waals surface area contributed by atoms with Crippen molar-refractivity contribution in [3.63, 3.8) is 0 Å². The highest BCUT2D eigenvalue weighted by Crippen LogP contribution is 2.44. The number of nitrogens with one attached hydrogen (secondary N) is 2. The molecule has 0 saturated heterocycles. The van der Waals surface area contributed by atoms with Gasteiger partial charge in [0.15, 0.2) is 5.78 Å². The highest BCUT2D eigenvalue weighted by molar-refractivity contribution is 7.98. The second-order valence-corrected chi connectivity index (χ2v) is 9.31. The van der Waals surface area contributed by atoms with Gasteiger partial charge in [-0.2, -0.15) is 0 Å². The quantitative estimate of drug-likeness (QED) is 0.423. The molecule has 1 heterocycles. The van der Waals surface area contributed by atoms with E-state index in [2.05, 4.69) is 53.3 Å². The molecule has 5 heteroatoms. The van der Waals surface area contributed by atoms with Gasteiger partial charge in [0.05, 0.1) is 17.4 Å². The Morgan fingerprint density at radius 2 is 1.55 bits per heavy atom. The van der Waals surface area contributed by atoms with Gasteiger partial charge in [-0.15, -0.1) is 11.8 Å². The lowest BCUT2D eigenvalue weighted by atomic mass is 9.78. The SMILES string of the molecule is CSc1ccc([C@H]2Nc3ccccc3NC3=C2C(=O)C[C@@H](c2ccc(Cl)cc2)C3)cc1. The Kier molecular flexibility index (Phi) is 5.51. The van der Waals surface area contributed by atoms with Gasteiger partial charge in [0.25, 0.3) is 0 Å². The van der Waals surface area contributed by atoms with Crippen LogP contribution in [-0.2, 0) is 4.79 Å². The summed E-state index contributed by atoms with van der Waals surface area (Å²) in [5.41, 5.74) is 6.11. The van der Waals surface area contributed by atoms with E-state index in [0.29, 0.717) is 11.4 Å². The molecule has 156 valence electrons. The molecule has 1 aliphatic heterocycles. The van der Waals surface area contributed by atoms with Crippen LogP contribution in [0.5, 0.6) is 0 Å². The molecule has 31 heavy (non-hydrogen) atoms. The smallest absolute Gasteiger partial charge is 0.163 e. The Morgan fingerprint density at radius 1 is 0.871 bits per heavy atom. The van der Waals surface area contributed by atoms with E-state index in [4.69, 9.17) is 11.6 Å². The van der Waals surface area contributed by atoms with Crippen LogP contribution in [0.4, 0.5) is 11.4 Å². The zero-order chi connectivity index (χ0) is 21.4. The van der Waals surface area contributed by atoms with Gasteiger partial charge in [-0.05, 0) is 66.1 Å². The van der Waals surface area contributed by atoms with Gasteiger partial charge in [-0.3, -0.25) is 4.79 Å². The summed E-state index contributed by atoms with van der Waals surface area (Å²) >= 11 is 7.80. The maximum Gasteiger partial charge on any atom is 0.163 e. The molecule has 0 unspecified atom stereocenters. The molecule has 2 aliphatic rings. The maximum atomic E-state index is 13.5. The first-order valence-corrected chi connectivity index (χ1v) is 12.0. The van der Waals surface area contributed by atoms with E-state index in [1.54, 1.807) is 11.8 Å². The molecule has 3 aromatic carbocycles. The number of ketones is 1. The van der Waals surface area contributed by atoms with E-state index < -0.39 is 0 Å². The highest BCUT2D eigenvalue weighted by Gasteiger charge is 2.36. The molecule has 0 aromatic heterocycles. The van der Waals surface area contributed by atoms with Gasteiger partial charge in [-0.1, -0.05) is 48.0 Å². The third-order valence-corrected chi connectivity index (χ3v) is 7.10. The minimum Gasteiger partial charge on any atom is -0.372 e. The topological polar surface area (TPSA) is 41.1 Å². The number of fused-ring (bicyclic) bond motifs is 1. The van der Waals surface area contributed by atoms with E-state index in [0.717, 1.165) is 40.2 Å². The number of rotatable bonds is 3. The van der Waals surface area contributed by atoms with E-state index in [1.807, 2.05) is 36.4 Å². The van der Waals surface area contributed by atoms with Gasteiger partial charge in [-0.25, -0.2) is 0 Å². The average Bonchev–Trinajstić information content (AvgIpc) is 2.96. The summed E-state index contributed by atoms with van der Waals surface area (Å²) in [5, 5.41) is 7.94. The number of halogens is 1. The van der Waals surface area contributed by atoms with Crippen molar-refractivity contribution >= 4 is 40.5 Å². The van der Waals surface area contributed by atoms with E-state index in [-0.39, 0.29) is 17.7 Å². The second kappa shape index (κ2) is 8.45. The lowest BCUT2D eigenvalue weighted by Gasteiger charge is -2.30. The molecule has 3 nitrogen and oxygen atoms in total. The fourth-order valence-corrected chi connectivity index (χ4v) is 5.04. The van der Waals surface area contributed by atoms with Crippen LogP contribution in [0, 0.1) is 0 Å². The summed E-state index contributed by atoms with van der Waals surface area (Å²) < 4.78 is 0. The summed E-state index contributed by atoms with van der Waals surface area (Å²) in [6.07, 6.45) is 3.36. The van der Waals surface area contributed by atoms with Crippen molar-refractivity contribution in [2.45, 2.75) is 29.7 Å². The molecule has 0 saturated carbocycles. The first kappa shape index (κ1) is 20.2. The Morgan fingerprint density at radius 3 is 2.26 bits per heavy atom. The van der Waals surface area contributed by atoms with Crippen LogP contribution in [0.15, 0.2) is 89.0 Å².